The third kappa shape index (κ3) is 3.27. The van der Waals surface area contributed by atoms with Crippen molar-refractivity contribution >= 4 is 15.9 Å². The first-order chi connectivity index (χ1) is 13.3. The molecule has 4 rings (SSSR count). The van der Waals surface area contributed by atoms with Crippen molar-refractivity contribution in [2.24, 2.45) is 0 Å². The fraction of sp³-hybridized carbons (Fsp3) is 0.350. The Kier molecular flexibility index (Phi) is 4.63. The number of nitrogens with zero attached hydrogens (tertiary/aromatic N) is 1. The molecule has 1 amide bonds. The smallest absolute Gasteiger partial charge is 0.255 e. The molecule has 0 saturated carbocycles. The zero-order valence-electron chi connectivity index (χ0n) is 15.4. The van der Waals surface area contributed by atoms with Crippen LogP contribution in [0.2, 0.25) is 0 Å². The van der Waals surface area contributed by atoms with Gasteiger partial charge < -0.3 is 10.1 Å². The summed E-state index contributed by atoms with van der Waals surface area (Å²) in [4.78, 5) is 12.1. The van der Waals surface area contributed by atoms with E-state index in [1.165, 1.54) is 22.5 Å². The Morgan fingerprint density at radius 2 is 1.86 bits per heavy atom. The SMILES string of the molecule is Cc1ccc2c(c1)C(=O)NCC1(CCN(S(=O)(=O)c3ccccc3F)CC1)O2. The van der Waals surface area contributed by atoms with E-state index in [9.17, 15) is 17.6 Å². The van der Waals surface area contributed by atoms with Crippen LogP contribution in [0, 0.1) is 12.7 Å². The lowest BCUT2D eigenvalue weighted by Gasteiger charge is -2.40. The molecule has 2 aromatic carbocycles. The lowest BCUT2D eigenvalue weighted by molar-refractivity contribution is 0.0246. The van der Waals surface area contributed by atoms with Crippen molar-refractivity contribution in [1.29, 1.82) is 0 Å². The number of aryl methyl sites for hydroxylation is 1. The number of nitrogens with one attached hydrogen (secondary N) is 1. The molecule has 1 saturated heterocycles. The van der Waals surface area contributed by atoms with Crippen LogP contribution in [-0.4, -0.2) is 43.9 Å². The molecule has 2 aromatic rings. The molecule has 0 unspecified atom stereocenters. The van der Waals surface area contributed by atoms with Gasteiger partial charge in [-0.25, -0.2) is 12.8 Å². The number of rotatable bonds is 2. The summed E-state index contributed by atoms with van der Waals surface area (Å²) in [5, 5.41) is 2.89. The molecule has 1 spiro atoms. The molecule has 0 aliphatic carbocycles. The maximum atomic E-state index is 14.0. The average molecular weight is 404 g/mol. The van der Waals surface area contributed by atoms with E-state index < -0.39 is 21.4 Å². The van der Waals surface area contributed by atoms with Crippen molar-refractivity contribution in [2.45, 2.75) is 30.3 Å². The Morgan fingerprint density at radius 1 is 1.14 bits per heavy atom. The summed E-state index contributed by atoms with van der Waals surface area (Å²) in [7, 11) is -3.92. The van der Waals surface area contributed by atoms with Crippen LogP contribution in [0.25, 0.3) is 0 Å². The fourth-order valence-electron chi connectivity index (χ4n) is 3.72. The number of hydrogen-bond donors (Lipinski definition) is 1. The van der Waals surface area contributed by atoms with Gasteiger partial charge in [0.05, 0.1) is 12.1 Å². The predicted octanol–water partition coefficient (Wildman–Crippen LogP) is 2.48. The minimum absolute atomic E-state index is 0.188. The first-order valence-electron chi connectivity index (χ1n) is 9.13. The van der Waals surface area contributed by atoms with Gasteiger partial charge >= 0.3 is 0 Å². The Bertz CT molecular complexity index is 1030. The minimum atomic E-state index is -3.92. The topological polar surface area (TPSA) is 75.7 Å². The van der Waals surface area contributed by atoms with Gasteiger partial charge in [0.15, 0.2) is 0 Å². The van der Waals surface area contributed by atoms with Crippen molar-refractivity contribution in [3.63, 3.8) is 0 Å². The molecule has 2 aliphatic rings. The Balaban J connectivity index is 1.56. The molecule has 2 heterocycles. The number of fused-ring (bicyclic) bond motifs is 1. The Labute approximate surface area is 163 Å². The molecule has 148 valence electrons. The molecule has 0 radical (unpaired) electrons. The van der Waals surface area contributed by atoms with Crippen LogP contribution in [0.4, 0.5) is 4.39 Å². The summed E-state index contributed by atoms with van der Waals surface area (Å²) in [5.74, 6) is -0.451. The minimum Gasteiger partial charge on any atom is -0.484 e. The summed E-state index contributed by atoms with van der Waals surface area (Å²) in [6.45, 7) is 2.58. The van der Waals surface area contributed by atoms with E-state index in [-0.39, 0.29) is 23.9 Å². The molecule has 8 heteroatoms. The molecular weight excluding hydrogens is 383 g/mol. The van der Waals surface area contributed by atoms with Crippen LogP contribution < -0.4 is 10.1 Å². The van der Waals surface area contributed by atoms with Crippen LogP contribution in [0.3, 0.4) is 0 Å². The van der Waals surface area contributed by atoms with E-state index in [0.29, 0.717) is 30.7 Å². The van der Waals surface area contributed by atoms with Gasteiger partial charge in [-0.3, -0.25) is 4.79 Å². The number of hydrogen-bond acceptors (Lipinski definition) is 4. The average Bonchev–Trinajstić information content (AvgIpc) is 2.80. The van der Waals surface area contributed by atoms with Crippen molar-refractivity contribution < 1.29 is 22.3 Å². The summed E-state index contributed by atoms with van der Waals surface area (Å²) < 4.78 is 47.1. The standard InChI is InChI=1S/C20H21FN2O4S/c1-14-6-7-17-15(12-14)19(24)22-13-20(27-17)8-10-23(11-9-20)28(25,26)18-5-3-2-4-16(18)21/h2-7,12H,8-11,13H2,1H3,(H,22,24). The van der Waals surface area contributed by atoms with Crippen LogP contribution in [0.1, 0.15) is 28.8 Å². The third-order valence-electron chi connectivity index (χ3n) is 5.37. The highest BCUT2D eigenvalue weighted by Gasteiger charge is 2.43. The Hall–Kier alpha value is -2.45. The van der Waals surface area contributed by atoms with Crippen LogP contribution in [0.5, 0.6) is 5.75 Å². The van der Waals surface area contributed by atoms with Gasteiger partial charge in [0.2, 0.25) is 10.0 Å². The second-order valence-electron chi connectivity index (χ2n) is 7.30. The van der Waals surface area contributed by atoms with Crippen molar-refractivity contribution in [1.82, 2.24) is 9.62 Å². The van der Waals surface area contributed by atoms with Gasteiger partial charge in [-0.15, -0.1) is 0 Å². The number of carbonyl (C=O) groups is 1. The Morgan fingerprint density at radius 3 is 2.57 bits per heavy atom. The largest absolute Gasteiger partial charge is 0.484 e. The van der Waals surface area contributed by atoms with Gasteiger partial charge in [0.25, 0.3) is 5.91 Å². The number of carbonyl (C=O) groups excluding carboxylic acids is 1. The molecule has 1 fully saturated rings. The highest BCUT2D eigenvalue weighted by molar-refractivity contribution is 7.89. The first-order valence-corrected chi connectivity index (χ1v) is 10.6. The fourth-order valence-corrected chi connectivity index (χ4v) is 5.23. The highest BCUT2D eigenvalue weighted by atomic mass is 32.2. The van der Waals surface area contributed by atoms with Crippen molar-refractivity contribution in [2.75, 3.05) is 19.6 Å². The molecule has 0 bridgehead atoms. The lowest BCUT2D eigenvalue weighted by Crippen LogP contribution is -2.54. The maximum Gasteiger partial charge on any atom is 0.255 e. The number of piperidine rings is 1. The van der Waals surface area contributed by atoms with E-state index in [2.05, 4.69) is 5.32 Å². The summed E-state index contributed by atoms with van der Waals surface area (Å²) >= 11 is 0. The van der Waals surface area contributed by atoms with Gasteiger partial charge in [0.1, 0.15) is 22.1 Å². The zero-order valence-corrected chi connectivity index (χ0v) is 16.3. The normalized spacial score (nSPS) is 19.4. The molecule has 28 heavy (non-hydrogen) atoms. The maximum absolute atomic E-state index is 14.0. The third-order valence-corrected chi connectivity index (χ3v) is 7.30. The van der Waals surface area contributed by atoms with Gasteiger partial charge in [-0.2, -0.15) is 4.31 Å². The number of sulfonamides is 1. The summed E-state index contributed by atoms with van der Waals surface area (Å²) in [6, 6.07) is 10.8. The van der Waals surface area contributed by atoms with Gasteiger partial charge in [-0.1, -0.05) is 23.8 Å². The quantitative estimate of drug-likeness (QED) is 0.835. The van der Waals surface area contributed by atoms with Crippen molar-refractivity contribution in [3.05, 3.63) is 59.4 Å². The zero-order chi connectivity index (χ0) is 19.9. The van der Waals surface area contributed by atoms with E-state index in [1.807, 2.05) is 13.0 Å². The number of ether oxygens (including phenoxy) is 1. The monoisotopic (exact) mass is 404 g/mol. The van der Waals surface area contributed by atoms with Crippen LogP contribution in [-0.2, 0) is 10.0 Å². The molecular formula is C20H21FN2O4S. The molecule has 0 aromatic heterocycles. The van der Waals surface area contributed by atoms with Crippen LogP contribution in [0.15, 0.2) is 47.4 Å². The number of halogens is 1. The van der Waals surface area contributed by atoms with E-state index in [1.54, 1.807) is 12.1 Å². The second kappa shape index (κ2) is 6.86. The molecule has 2 aliphatic heterocycles. The number of amides is 1. The molecule has 0 atom stereocenters. The van der Waals surface area contributed by atoms with E-state index in [0.717, 1.165) is 11.6 Å². The predicted molar refractivity (Wildman–Crippen MR) is 101 cm³/mol. The molecule has 1 N–H and O–H groups in total. The van der Waals surface area contributed by atoms with Gasteiger partial charge in [-0.05, 0) is 31.2 Å². The van der Waals surface area contributed by atoms with E-state index in [4.69, 9.17) is 4.74 Å². The summed E-state index contributed by atoms with van der Waals surface area (Å²) in [5.41, 5.74) is 0.759. The number of benzene rings is 2. The van der Waals surface area contributed by atoms with Gasteiger partial charge in [0, 0.05) is 25.9 Å². The van der Waals surface area contributed by atoms with Crippen molar-refractivity contribution in [3.8, 4) is 5.75 Å². The summed E-state index contributed by atoms with van der Waals surface area (Å²) in [6.07, 6.45) is 0.794. The second-order valence-corrected chi connectivity index (χ2v) is 9.21. The molecule has 6 nitrogen and oxygen atoms in total. The first kappa shape index (κ1) is 18.9. The van der Waals surface area contributed by atoms with E-state index >= 15 is 0 Å². The highest BCUT2D eigenvalue weighted by Crippen LogP contribution is 2.35. The van der Waals surface area contributed by atoms with Crippen LogP contribution >= 0.6 is 0 Å². The lowest BCUT2D eigenvalue weighted by atomic mass is 9.92.